The molecular weight excluding hydrogens is 214 g/mol. The maximum absolute atomic E-state index is 5.13. The topological polar surface area (TPSA) is 49.9 Å². The number of ether oxygens (including phenoxy) is 1. The van der Waals surface area contributed by atoms with E-state index in [1.54, 1.807) is 7.11 Å². The lowest BCUT2D eigenvalue weighted by atomic mass is 10.1. The highest BCUT2D eigenvalue weighted by atomic mass is 16.5. The van der Waals surface area contributed by atoms with Gasteiger partial charge in [0.2, 0.25) is 0 Å². The fourth-order valence-corrected chi connectivity index (χ4v) is 1.66. The van der Waals surface area contributed by atoms with Crippen LogP contribution in [0.4, 0.5) is 0 Å². The predicted octanol–water partition coefficient (Wildman–Crippen LogP) is 2.27. The van der Waals surface area contributed by atoms with E-state index in [1.807, 2.05) is 24.5 Å². The van der Waals surface area contributed by atoms with Gasteiger partial charge in [-0.3, -0.25) is 5.10 Å². The van der Waals surface area contributed by atoms with Crippen LogP contribution in [0.3, 0.4) is 0 Å². The Balaban J connectivity index is 1.92. The third kappa shape index (κ3) is 3.07. The molecule has 0 radical (unpaired) electrons. The van der Waals surface area contributed by atoms with E-state index >= 15 is 0 Å². The fraction of sp³-hybridized carbons (Fsp3) is 0.308. The summed E-state index contributed by atoms with van der Waals surface area (Å²) in [6, 6.07) is 8.41. The standard InChI is InChI=1S/C13H17N3O/c1-10(14-7-11-8-15-16-9-11)12-3-5-13(17-2)6-4-12/h3-6,8-10,14H,7H2,1-2H3,(H,15,16). The van der Waals surface area contributed by atoms with E-state index in [1.165, 1.54) is 5.56 Å². The molecule has 1 atom stereocenters. The summed E-state index contributed by atoms with van der Waals surface area (Å²) in [6.07, 6.45) is 3.72. The summed E-state index contributed by atoms with van der Waals surface area (Å²) < 4.78 is 5.13. The molecule has 1 unspecified atom stereocenters. The Bertz CT molecular complexity index is 436. The Labute approximate surface area is 101 Å². The van der Waals surface area contributed by atoms with Gasteiger partial charge in [0, 0.05) is 24.3 Å². The summed E-state index contributed by atoms with van der Waals surface area (Å²) in [4.78, 5) is 0. The molecule has 0 amide bonds. The first-order valence-electron chi connectivity index (χ1n) is 5.64. The van der Waals surface area contributed by atoms with Crippen molar-refractivity contribution in [3.63, 3.8) is 0 Å². The Morgan fingerprint density at radius 1 is 1.35 bits per heavy atom. The largest absolute Gasteiger partial charge is 0.497 e. The highest BCUT2D eigenvalue weighted by molar-refractivity contribution is 5.28. The second kappa shape index (κ2) is 5.50. The molecule has 0 saturated carbocycles. The van der Waals surface area contributed by atoms with E-state index in [0.717, 1.165) is 17.9 Å². The maximum atomic E-state index is 5.13. The van der Waals surface area contributed by atoms with Crippen LogP contribution in [-0.4, -0.2) is 17.3 Å². The smallest absolute Gasteiger partial charge is 0.118 e. The summed E-state index contributed by atoms with van der Waals surface area (Å²) in [5, 5.41) is 10.2. The number of nitrogens with zero attached hydrogens (tertiary/aromatic N) is 1. The minimum atomic E-state index is 0.302. The molecule has 0 aliphatic rings. The third-order valence-corrected chi connectivity index (χ3v) is 2.78. The summed E-state index contributed by atoms with van der Waals surface area (Å²) in [5.74, 6) is 0.885. The molecule has 1 heterocycles. The minimum Gasteiger partial charge on any atom is -0.497 e. The van der Waals surface area contributed by atoms with E-state index in [-0.39, 0.29) is 0 Å². The molecule has 2 rings (SSSR count). The first-order chi connectivity index (χ1) is 8.29. The number of nitrogens with one attached hydrogen (secondary N) is 2. The molecule has 0 bridgehead atoms. The summed E-state index contributed by atoms with van der Waals surface area (Å²) in [6.45, 7) is 2.95. The van der Waals surface area contributed by atoms with Gasteiger partial charge in [0.25, 0.3) is 0 Å². The number of H-pyrrole nitrogens is 1. The number of hydrogen-bond donors (Lipinski definition) is 2. The molecule has 4 heteroatoms. The number of hydrogen-bond acceptors (Lipinski definition) is 3. The van der Waals surface area contributed by atoms with Crippen LogP contribution in [0, 0.1) is 0 Å². The van der Waals surface area contributed by atoms with E-state index in [4.69, 9.17) is 4.74 Å². The van der Waals surface area contributed by atoms with Crippen LogP contribution in [-0.2, 0) is 6.54 Å². The molecule has 0 spiro atoms. The van der Waals surface area contributed by atoms with Gasteiger partial charge < -0.3 is 10.1 Å². The van der Waals surface area contributed by atoms with Gasteiger partial charge >= 0.3 is 0 Å². The summed E-state index contributed by atoms with van der Waals surface area (Å²) in [7, 11) is 1.68. The van der Waals surface area contributed by atoms with Gasteiger partial charge in [0.05, 0.1) is 13.3 Å². The van der Waals surface area contributed by atoms with Gasteiger partial charge in [-0.25, -0.2) is 0 Å². The normalized spacial score (nSPS) is 12.4. The van der Waals surface area contributed by atoms with Crippen molar-refractivity contribution in [1.29, 1.82) is 0 Å². The second-order valence-electron chi connectivity index (χ2n) is 3.98. The first kappa shape index (κ1) is 11.7. The van der Waals surface area contributed by atoms with Crippen molar-refractivity contribution in [2.24, 2.45) is 0 Å². The predicted molar refractivity (Wildman–Crippen MR) is 66.8 cm³/mol. The number of aromatic nitrogens is 2. The molecule has 0 saturated heterocycles. The zero-order chi connectivity index (χ0) is 12.1. The number of rotatable bonds is 5. The first-order valence-corrected chi connectivity index (χ1v) is 5.64. The van der Waals surface area contributed by atoms with Gasteiger partial charge in [0.1, 0.15) is 5.75 Å². The average Bonchev–Trinajstić information content (AvgIpc) is 2.89. The molecule has 2 N–H and O–H groups in total. The van der Waals surface area contributed by atoms with Crippen molar-refractivity contribution in [1.82, 2.24) is 15.5 Å². The second-order valence-corrected chi connectivity index (χ2v) is 3.98. The number of aromatic amines is 1. The quantitative estimate of drug-likeness (QED) is 0.830. The van der Waals surface area contributed by atoms with Crippen molar-refractivity contribution in [3.05, 3.63) is 47.8 Å². The zero-order valence-corrected chi connectivity index (χ0v) is 10.1. The monoisotopic (exact) mass is 231 g/mol. The Kier molecular flexibility index (Phi) is 3.77. The molecule has 0 aliphatic carbocycles. The SMILES string of the molecule is COc1ccc(C(C)NCc2cn[nH]c2)cc1. The van der Waals surface area contributed by atoms with Gasteiger partial charge in [-0.2, -0.15) is 5.10 Å². The molecule has 1 aromatic carbocycles. The maximum Gasteiger partial charge on any atom is 0.118 e. The van der Waals surface area contributed by atoms with E-state index < -0.39 is 0 Å². The number of methoxy groups -OCH3 is 1. The molecule has 1 aromatic heterocycles. The molecule has 2 aromatic rings. The van der Waals surface area contributed by atoms with Crippen LogP contribution in [0.25, 0.3) is 0 Å². The van der Waals surface area contributed by atoms with E-state index in [2.05, 4.69) is 34.6 Å². The van der Waals surface area contributed by atoms with Crippen molar-refractivity contribution in [3.8, 4) is 5.75 Å². The molecule has 17 heavy (non-hydrogen) atoms. The molecule has 4 nitrogen and oxygen atoms in total. The Morgan fingerprint density at radius 2 is 2.12 bits per heavy atom. The van der Waals surface area contributed by atoms with Gasteiger partial charge in [-0.05, 0) is 24.6 Å². The lowest BCUT2D eigenvalue weighted by Crippen LogP contribution is -2.17. The van der Waals surface area contributed by atoms with E-state index in [9.17, 15) is 0 Å². The summed E-state index contributed by atoms with van der Waals surface area (Å²) >= 11 is 0. The highest BCUT2D eigenvalue weighted by Crippen LogP contribution is 2.17. The van der Waals surface area contributed by atoms with Crippen LogP contribution < -0.4 is 10.1 Å². The lowest BCUT2D eigenvalue weighted by Gasteiger charge is -2.13. The zero-order valence-electron chi connectivity index (χ0n) is 10.1. The van der Waals surface area contributed by atoms with Crippen molar-refractivity contribution in [2.45, 2.75) is 19.5 Å². The van der Waals surface area contributed by atoms with Crippen LogP contribution in [0.5, 0.6) is 5.75 Å². The van der Waals surface area contributed by atoms with Crippen LogP contribution in [0.2, 0.25) is 0 Å². The Morgan fingerprint density at radius 3 is 2.71 bits per heavy atom. The summed E-state index contributed by atoms with van der Waals surface area (Å²) in [5.41, 5.74) is 2.40. The molecule has 0 aliphatic heterocycles. The molecule has 0 fully saturated rings. The molecular formula is C13H17N3O. The highest BCUT2D eigenvalue weighted by Gasteiger charge is 2.05. The van der Waals surface area contributed by atoms with Crippen molar-refractivity contribution in [2.75, 3.05) is 7.11 Å². The number of benzene rings is 1. The molecule has 90 valence electrons. The minimum absolute atomic E-state index is 0.302. The van der Waals surface area contributed by atoms with Gasteiger partial charge in [-0.15, -0.1) is 0 Å². The lowest BCUT2D eigenvalue weighted by molar-refractivity contribution is 0.414. The van der Waals surface area contributed by atoms with Gasteiger partial charge in [0.15, 0.2) is 0 Å². The van der Waals surface area contributed by atoms with Crippen molar-refractivity contribution >= 4 is 0 Å². The average molecular weight is 231 g/mol. The van der Waals surface area contributed by atoms with Crippen molar-refractivity contribution < 1.29 is 4.74 Å². The van der Waals surface area contributed by atoms with Crippen LogP contribution in [0.15, 0.2) is 36.7 Å². The third-order valence-electron chi connectivity index (χ3n) is 2.78. The fourth-order valence-electron chi connectivity index (χ4n) is 1.66. The van der Waals surface area contributed by atoms with Crippen LogP contribution >= 0.6 is 0 Å². The Hall–Kier alpha value is -1.81. The van der Waals surface area contributed by atoms with E-state index in [0.29, 0.717) is 6.04 Å². The van der Waals surface area contributed by atoms with Crippen LogP contribution in [0.1, 0.15) is 24.1 Å². The van der Waals surface area contributed by atoms with Gasteiger partial charge in [-0.1, -0.05) is 12.1 Å².